The van der Waals surface area contributed by atoms with Crippen molar-refractivity contribution in [2.45, 2.75) is 27.7 Å². The molecule has 0 unspecified atom stereocenters. The summed E-state index contributed by atoms with van der Waals surface area (Å²) in [5, 5.41) is 2.21. The number of aromatic amines is 2. The van der Waals surface area contributed by atoms with Gasteiger partial charge in [-0.15, -0.1) is 0 Å². The van der Waals surface area contributed by atoms with Crippen LogP contribution in [0.1, 0.15) is 39.1 Å². The lowest BCUT2D eigenvalue weighted by atomic mass is 10.1. The molecular weight excluding hydrogens is 356 g/mol. The number of hydrogen-bond donors (Lipinski definition) is 2. The van der Waals surface area contributed by atoms with Crippen molar-refractivity contribution in [1.29, 1.82) is 0 Å². The average Bonchev–Trinajstić information content (AvgIpc) is 3.51. The quantitative estimate of drug-likeness (QED) is 0.801. The molecular formula is C25H26N4. The summed E-state index contributed by atoms with van der Waals surface area (Å²) in [6.45, 7) is 13.1. The van der Waals surface area contributed by atoms with E-state index in [1.165, 1.54) is 11.1 Å². The van der Waals surface area contributed by atoms with E-state index in [4.69, 9.17) is 0 Å². The molecule has 0 amide bonds. The van der Waals surface area contributed by atoms with Crippen molar-refractivity contribution in [2.75, 3.05) is 6.54 Å². The van der Waals surface area contributed by atoms with Crippen LogP contribution in [0.3, 0.4) is 0 Å². The predicted octanol–water partition coefficient (Wildman–Crippen LogP) is 4.06. The van der Waals surface area contributed by atoms with Gasteiger partial charge in [-0.25, -0.2) is 4.99 Å². The predicted molar refractivity (Wildman–Crippen MR) is 124 cm³/mol. The third-order valence-electron chi connectivity index (χ3n) is 5.48. The molecule has 0 bridgehead atoms. The Labute approximate surface area is 171 Å². The summed E-state index contributed by atoms with van der Waals surface area (Å²) in [5.41, 5.74) is 9.59. The molecule has 4 heteroatoms. The lowest BCUT2D eigenvalue weighted by Gasteiger charge is -2.02. The standard InChI is InChI=1S/C25H26N4/c1-15(2)19-8-9-22(27-19)17(4)23-12-13-25(29-23)18(5)24-11-10-21(28-24)16(3)20-7-6-14-26-20/h6-13,28-29H,1,14H2,2-5H3/b21-16-,22-17-,24-18-. The molecule has 4 heterocycles. The maximum Gasteiger partial charge on any atom is 0.0687 e. The Balaban J connectivity index is 1.69. The maximum absolute atomic E-state index is 4.67. The first kappa shape index (κ1) is 18.9. The molecule has 0 saturated heterocycles. The monoisotopic (exact) mass is 382 g/mol. The topological polar surface area (TPSA) is 56.3 Å². The van der Waals surface area contributed by atoms with Gasteiger partial charge in [0.2, 0.25) is 0 Å². The zero-order chi connectivity index (χ0) is 20.5. The Kier molecular flexibility index (Phi) is 4.93. The minimum Gasteiger partial charge on any atom is -0.355 e. The molecule has 2 aromatic heterocycles. The molecule has 4 rings (SSSR count). The number of H-pyrrole nitrogens is 2. The molecule has 0 aromatic carbocycles. The van der Waals surface area contributed by atoms with E-state index in [1.807, 2.05) is 19.1 Å². The molecule has 0 radical (unpaired) electrons. The summed E-state index contributed by atoms with van der Waals surface area (Å²) >= 11 is 0. The SMILES string of the molecule is C=C(C)C1=N/C(=C(/C)c2ccc(/C(C)=c3/cc/c(=C(\C)C4=NCC=C4)[nH]3)[nH]2)C=C1. The summed E-state index contributed by atoms with van der Waals surface area (Å²) in [6, 6.07) is 8.49. The van der Waals surface area contributed by atoms with Crippen LogP contribution in [0.2, 0.25) is 0 Å². The normalized spacial score (nSPS) is 19.3. The molecule has 29 heavy (non-hydrogen) atoms. The average molecular weight is 383 g/mol. The lowest BCUT2D eigenvalue weighted by molar-refractivity contribution is 1.21. The molecule has 4 nitrogen and oxygen atoms in total. The third-order valence-corrected chi connectivity index (χ3v) is 5.48. The van der Waals surface area contributed by atoms with Crippen LogP contribution in [0.25, 0.3) is 16.7 Å². The number of allylic oxidation sites excluding steroid dienone is 5. The van der Waals surface area contributed by atoms with Gasteiger partial charge in [-0.1, -0.05) is 12.7 Å². The van der Waals surface area contributed by atoms with Crippen molar-refractivity contribution < 1.29 is 0 Å². The fraction of sp³-hybridized carbons (Fsp3) is 0.200. The van der Waals surface area contributed by atoms with Gasteiger partial charge in [0.05, 0.1) is 23.7 Å². The van der Waals surface area contributed by atoms with Gasteiger partial charge < -0.3 is 9.97 Å². The number of hydrogen-bond acceptors (Lipinski definition) is 2. The van der Waals surface area contributed by atoms with E-state index in [0.717, 1.165) is 56.9 Å². The molecule has 0 atom stereocenters. The minimum absolute atomic E-state index is 0.776. The van der Waals surface area contributed by atoms with Crippen molar-refractivity contribution in [3.05, 3.63) is 88.5 Å². The fourth-order valence-corrected chi connectivity index (χ4v) is 3.51. The van der Waals surface area contributed by atoms with E-state index in [9.17, 15) is 0 Å². The second kappa shape index (κ2) is 7.55. The van der Waals surface area contributed by atoms with Crippen LogP contribution in [0, 0.1) is 0 Å². The van der Waals surface area contributed by atoms with Gasteiger partial charge in [-0.05, 0) is 92.5 Å². The Hall–Kier alpha value is -3.40. The second-order valence-corrected chi connectivity index (χ2v) is 7.57. The summed E-state index contributed by atoms with van der Waals surface area (Å²) in [5.74, 6) is 0. The Morgan fingerprint density at radius 1 is 0.793 bits per heavy atom. The van der Waals surface area contributed by atoms with Crippen molar-refractivity contribution in [2.24, 2.45) is 9.98 Å². The molecule has 146 valence electrons. The van der Waals surface area contributed by atoms with Gasteiger partial charge in [0, 0.05) is 22.1 Å². The highest BCUT2D eigenvalue weighted by molar-refractivity contribution is 6.24. The van der Waals surface area contributed by atoms with Gasteiger partial charge in [-0.2, -0.15) is 0 Å². The van der Waals surface area contributed by atoms with E-state index >= 15 is 0 Å². The van der Waals surface area contributed by atoms with Crippen LogP contribution in [0.5, 0.6) is 0 Å². The number of aliphatic imine (C=N–C) groups is 2. The van der Waals surface area contributed by atoms with Crippen LogP contribution in [0.15, 0.2) is 76.4 Å². The number of rotatable bonds is 4. The Bertz CT molecular complexity index is 1270. The summed E-state index contributed by atoms with van der Waals surface area (Å²) in [7, 11) is 0. The maximum atomic E-state index is 4.67. The highest BCUT2D eigenvalue weighted by Gasteiger charge is 2.11. The van der Waals surface area contributed by atoms with Crippen molar-refractivity contribution in [3.63, 3.8) is 0 Å². The first-order valence-corrected chi connectivity index (χ1v) is 9.85. The van der Waals surface area contributed by atoms with Gasteiger partial charge >= 0.3 is 0 Å². The molecule has 0 saturated carbocycles. The van der Waals surface area contributed by atoms with Gasteiger partial charge in [0.15, 0.2) is 0 Å². The van der Waals surface area contributed by atoms with E-state index in [0.29, 0.717) is 0 Å². The fourth-order valence-electron chi connectivity index (χ4n) is 3.51. The molecule has 2 aromatic rings. The zero-order valence-corrected chi connectivity index (χ0v) is 17.4. The van der Waals surface area contributed by atoms with Crippen LogP contribution >= 0.6 is 0 Å². The highest BCUT2D eigenvalue weighted by Crippen LogP contribution is 2.24. The van der Waals surface area contributed by atoms with Crippen molar-refractivity contribution in [1.82, 2.24) is 9.97 Å². The first-order chi connectivity index (χ1) is 13.9. The highest BCUT2D eigenvalue weighted by atomic mass is 14.8. The van der Waals surface area contributed by atoms with Crippen LogP contribution < -0.4 is 10.7 Å². The second-order valence-electron chi connectivity index (χ2n) is 7.57. The third kappa shape index (κ3) is 3.66. The van der Waals surface area contributed by atoms with E-state index < -0.39 is 0 Å². The molecule has 2 aliphatic heterocycles. The van der Waals surface area contributed by atoms with Gasteiger partial charge in [0.1, 0.15) is 0 Å². The summed E-state index contributed by atoms with van der Waals surface area (Å²) in [4.78, 5) is 16.3. The van der Waals surface area contributed by atoms with Crippen molar-refractivity contribution >= 4 is 28.1 Å². The van der Waals surface area contributed by atoms with Gasteiger partial charge in [-0.3, -0.25) is 4.99 Å². The van der Waals surface area contributed by atoms with E-state index in [2.05, 4.69) is 83.7 Å². The van der Waals surface area contributed by atoms with Crippen LogP contribution in [-0.2, 0) is 0 Å². The molecule has 0 fully saturated rings. The molecule has 2 aliphatic rings. The summed E-state index contributed by atoms with van der Waals surface area (Å²) in [6.07, 6.45) is 8.23. The number of nitrogens with one attached hydrogen (secondary N) is 2. The van der Waals surface area contributed by atoms with Crippen LogP contribution in [-0.4, -0.2) is 27.9 Å². The lowest BCUT2D eigenvalue weighted by Crippen LogP contribution is -2.16. The molecule has 2 N–H and O–H groups in total. The van der Waals surface area contributed by atoms with E-state index in [-0.39, 0.29) is 0 Å². The molecule has 0 spiro atoms. The first-order valence-electron chi connectivity index (χ1n) is 9.85. The molecule has 0 aliphatic carbocycles. The van der Waals surface area contributed by atoms with Crippen molar-refractivity contribution in [3.8, 4) is 0 Å². The van der Waals surface area contributed by atoms with Crippen LogP contribution in [0.4, 0.5) is 0 Å². The largest absolute Gasteiger partial charge is 0.355 e. The smallest absolute Gasteiger partial charge is 0.0687 e. The number of nitrogens with zero attached hydrogens (tertiary/aromatic N) is 2. The zero-order valence-electron chi connectivity index (χ0n) is 17.4. The van der Waals surface area contributed by atoms with Gasteiger partial charge in [0.25, 0.3) is 0 Å². The number of aromatic nitrogens is 2. The minimum atomic E-state index is 0.776. The Morgan fingerprint density at radius 2 is 1.48 bits per heavy atom. The Morgan fingerprint density at radius 3 is 2.10 bits per heavy atom. The summed E-state index contributed by atoms with van der Waals surface area (Å²) < 4.78 is 0. The van der Waals surface area contributed by atoms with E-state index in [1.54, 1.807) is 0 Å².